The highest BCUT2D eigenvalue weighted by Gasteiger charge is 2.22. The van der Waals surface area contributed by atoms with Gasteiger partial charge in [0.2, 0.25) is 0 Å². The van der Waals surface area contributed by atoms with Crippen LogP contribution >= 0.6 is 27.5 Å². The molecule has 1 heterocycles. The molecule has 0 spiro atoms. The van der Waals surface area contributed by atoms with Crippen LogP contribution in [0.2, 0.25) is 5.02 Å². The Balaban J connectivity index is 2.51. The van der Waals surface area contributed by atoms with Gasteiger partial charge in [-0.25, -0.2) is 4.39 Å². The van der Waals surface area contributed by atoms with E-state index in [1.807, 2.05) is 0 Å². The summed E-state index contributed by atoms with van der Waals surface area (Å²) in [5.74, 6) is -0.503. The minimum absolute atomic E-state index is 0.157. The third-order valence-electron chi connectivity index (χ3n) is 2.47. The van der Waals surface area contributed by atoms with Crippen molar-refractivity contribution in [2.75, 3.05) is 0 Å². The van der Waals surface area contributed by atoms with Gasteiger partial charge in [-0.15, -0.1) is 0 Å². The molecule has 0 amide bonds. The van der Waals surface area contributed by atoms with Gasteiger partial charge in [-0.1, -0.05) is 23.7 Å². The lowest BCUT2D eigenvalue weighted by Crippen LogP contribution is -2.09. The van der Waals surface area contributed by atoms with Crippen LogP contribution in [0.5, 0.6) is 0 Å². The first-order chi connectivity index (χ1) is 8.02. The summed E-state index contributed by atoms with van der Waals surface area (Å²) in [4.78, 5) is 0. The standard InChI is InChI=1S/C11H9BrClFN2O/c1-16-10(8(13)5-15-16)11(17)6-3-2-4-7(12)9(6)14/h2-5,11,17H,1H3. The van der Waals surface area contributed by atoms with Gasteiger partial charge in [-0.2, -0.15) is 5.10 Å². The second kappa shape index (κ2) is 4.76. The molecule has 2 rings (SSSR count). The molecule has 1 unspecified atom stereocenters. The van der Waals surface area contributed by atoms with Gasteiger partial charge in [0.05, 0.1) is 21.4 Å². The van der Waals surface area contributed by atoms with E-state index < -0.39 is 11.9 Å². The van der Waals surface area contributed by atoms with E-state index in [2.05, 4.69) is 21.0 Å². The maximum Gasteiger partial charge on any atom is 0.143 e. The Labute approximate surface area is 111 Å². The summed E-state index contributed by atoms with van der Waals surface area (Å²) in [6.07, 6.45) is 0.267. The summed E-state index contributed by atoms with van der Waals surface area (Å²) in [5.41, 5.74) is 0.522. The third-order valence-corrected chi connectivity index (χ3v) is 3.38. The third kappa shape index (κ3) is 2.22. The molecule has 0 aliphatic rings. The molecule has 0 bridgehead atoms. The highest BCUT2D eigenvalue weighted by Crippen LogP contribution is 2.31. The van der Waals surface area contributed by atoms with Crippen molar-refractivity contribution in [2.24, 2.45) is 7.05 Å². The number of aliphatic hydroxyl groups is 1. The summed E-state index contributed by atoms with van der Waals surface area (Å²) >= 11 is 8.98. The summed E-state index contributed by atoms with van der Waals surface area (Å²) in [6.45, 7) is 0. The number of aryl methyl sites for hydroxylation is 1. The van der Waals surface area contributed by atoms with Crippen LogP contribution in [-0.4, -0.2) is 14.9 Å². The number of halogens is 3. The van der Waals surface area contributed by atoms with Gasteiger partial charge in [-0.3, -0.25) is 4.68 Å². The van der Waals surface area contributed by atoms with Gasteiger partial charge in [0, 0.05) is 12.6 Å². The highest BCUT2D eigenvalue weighted by atomic mass is 79.9. The minimum Gasteiger partial charge on any atom is -0.382 e. The lowest BCUT2D eigenvalue weighted by molar-refractivity contribution is 0.204. The maximum absolute atomic E-state index is 13.8. The molecule has 17 heavy (non-hydrogen) atoms. The van der Waals surface area contributed by atoms with Crippen molar-refractivity contribution < 1.29 is 9.50 Å². The first kappa shape index (κ1) is 12.5. The Hall–Kier alpha value is -0.910. The van der Waals surface area contributed by atoms with E-state index in [-0.39, 0.29) is 5.56 Å². The average Bonchev–Trinajstić information content (AvgIpc) is 2.62. The van der Waals surface area contributed by atoms with Gasteiger partial charge in [0.25, 0.3) is 0 Å². The van der Waals surface area contributed by atoms with Crippen molar-refractivity contribution in [3.63, 3.8) is 0 Å². The summed E-state index contributed by atoms with van der Waals surface area (Å²) in [6, 6.07) is 4.72. The van der Waals surface area contributed by atoms with Crippen molar-refractivity contribution in [3.8, 4) is 0 Å². The van der Waals surface area contributed by atoms with Crippen LogP contribution in [0.3, 0.4) is 0 Å². The predicted molar refractivity (Wildman–Crippen MR) is 66.4 cm³/mol. The van der Waals surface area contributed by atoms with E-state index in [0.717, 1.165) is 0 Å². The molecule has 2 aromatic rings. The molecule has 0 saturated carbocycles. The second-order valence-corrected chi connectivity index (χ2v) is 4.81. The fraction of sp³-hybridized carbons (Fsp3) is 0.182. The topological polar surface area (TPSA) is 38.0 Å². The van der Waals surface area contributed by atoms with E-state index in [1.54, 1.807) is 19.2 Å². The number of benzene rings is 1. The van der Waals surface area contributed by atoms with Crippen LogP contribution < -0.4 is 0 Å². The van der Waals surface area contributed by atoms with Crippen molar-refractivity contribution in [1.29, 1.82) is 0 Å². The second-order valence-electron chi connectivity index (χ2n) is 3.55. The quantitative estimate of drug-likeness (QED) is 0.924. The number of aliphatic hydroxyl groups excluding tert-OH is 1. The summed E-state index contributed by atoms with van der Waals surface area (Å²) in [5, 5.41) is 14.4. The van der Waals surface area contributed by atoms with E-state index in [0.29, 0.717) is 15.2 Å². The molecular formula is C11H9BrClFN2O. The maximum atomic E-state index is 13.8. The zero-order valence-corrected chi connectivity index (χ0v) is 11.2. The molecule has 0 aliphatic heterocycles. The van der Waals surface area contributed by atoms with Gasteiger partial charge >= 0.3 is 0 Å². The van der Waals surface area contributed by atoms with Crippen LogP contribution in [0.25, 0.3) is 0 Å². The zero-order chi connectivity index (χ0) is 12.6. The highest BCUT2D eigenvalue weighted by molar-refractivity contribution is 9.10. The van der Waals surface area contributed by atoms with Crippen LogP contribution in [0, 0.1) is 5.82 Å². The molecule has 3 nitrogen and oxygen atoms in total. The first-order valence-corrected chi connectivity index (χ1v) is 5.99. The fourth-order valence-electron chi connectivity index (χ4n) is 1.61. The van der Waals surface area contributed by atoms with Crippen molar-refractivity contribution in [3.05, 3.63) is 51.0 Å². The Kier molecular flexibility index (Phi) is 3.51. The Morgan fingerprint density at radius 2 is 2.24 bits per heavy atom. The summed E-state index contributed by atoms with van der Waals surface area (Å²) in [7, 11) is 1.64. The molecule has 6 heteroatoms. The SMILES string of the molecule is Cn1ncc(Cl)c1C(O)c1cccc(Br)c1F. The minimum atomic E-state index is -1.15. The summed E-state index contributed by atoms with van der Waals surface area (Å²) < 4.78 is 15.6. The smallest absolute Gasteiger partial charge is 0.143 e. The monoisotopic (exact) mass is 318 g/mol. The van der Waals surface area contributed by atoms with E-state index >= 15 is 0 Å². The molecule has 0 saturated heterocycles. The molecule has 0 radical (unpaired) electrons. The van der Waals surface area contributed by atoms with Gasteiger partial charge in [-0.05, 0) is 22.0 Å². The fourth-order valence-corrected chi connectivity index (χ4v) is 2.26. The first-order valence-electron chi connectivity index (χ1n) is 4.81. The Morgan fingerprint density at radius 1 is 1.53 bits per heavy atom. The van der Waals surface area contributed by atoms with Crippen molar-refractivity contribution in [1.82, 2.24) is 9.78 Å². The number of aromatic nitrogens is 2. The van der Waals surface area contributed by atoms with Crippen molar-refractivity contribution >= 4 is 27.5 Å². The molecule has 1 aromatic heterocycles. The van der Waals surface area contributed by atoms with Crippen LogP contribution in [0.1, 0.15) is 17.4 Å². The lowest BCUT2D eigenvalue weighted by Gasteiger charge is -2.13. The number of rotatable bonds is 2. The van der Waals surface area contributed by atoms with Crippen LogP contribution in [-0.2, 0) is 7.05 Å². The van der Waals surface area contributed by atoms with E-state index in [1.165, 1.54) is 16.9 Å². The molecule has 1 atom stereocenters. The normalized spacial score (nSPS) is 12.8. The number of hydrogen-bond acceptors (Lipinski definition) is 2. The average molecular weight is 320 g/mol. The van der Waals surface area contributed by atoms with Gasteiger partial charge < -0.3 is 5.11 Å². The largest absolute Gasteiger partial charge is 0.382 e. The Bertz CT molecular complexity index is 539. The molecule has 0 fully saturated rings. The van der Waals surface area contributed by atoms with E-state index in [4.69, 9.17) is 11.6 Å². The van der Waals surface area contributed by atoms with Crippen LogP contribution in [0.15, 0.2) is 28.9 Å². The van der Waals surface area contributed by atoms with Gasteiger partial charge in [0.15, 0.2) is 0 Å². The number of nitrogens with zero attached hydrogens (tertiary/aromatic N) is 2. The predicted octanol–water partition coefficient (Wildman–Crippen LogP) is 3.06. The molecule has 90 valence electrons. The van der Waals surface area contributed by atoms with Gasteiger partial charge in [0.1, 0.15) is 11.9 Å². The van der Waals surface area contributed by atoms with Crippen LogP contribution in [0.4, 0.5) is 4.39 Å². The molecular weight excluding hydrogens is 310 g/mol. The molecule has 0 aliphatic carbocycles. The zero-order valence-electron chi connectivity index (χ0n) is 8.86. The lowest BCUT2D eigenvalue weighted by atomic mass is 10.1. The molecule has 1 aromatic carbocycles. The van der Waals surface area contributed by atoms with Crippen molar-refractivity contribution in [2.45, 2.75) is 6.10 Å². The number of hydrogen-bond donors (Lipinski definition) is 1. The Morgan fingerprint density at radius 3 is 2.82 bits per heavy atom. The van der Waals surface area contributed by atoms with E-state index in [9.17, 15) is 9.50 Å². The molecule has 1 N–H and O–H groups in total.